The third-order valence-electron chi connectivity index (χ3n) is 5.24. The first-order valence-corrected chi connectivity index (χ1v) is 9.27. The number of alkyl halides is 3. The summed E-state index contributed by atoms with van der Waals surface area (Å²) in [5.41, 5.74) is 2.27. The van der Waals surface area contributed by atoms with E-state index in [2.05, 4.69) is 10.3 Å². The highest BCUT2D eigenvalue weighted by molar-refractivity contribution is 5.96. The van der Waals surface area contributed by atoms with E-state index in [9.17, 15) is 31.5 Å². The molecule has 12 heteroatoms. The lowest BCUT2D eigenvalue weighted by Crippen LogP contribution is -2.43. The van der Waals surface area contributed by atoms with Gasteiger partial charge in [-0.2, -0.15) is 17.6 Å². The molecule has 7 nitrogen and oxygen atoms in total. The van der Waals surface area contributed by atoms with Gasteiger partial charge in [0.15, 0.2) is 23.4 Å². The molecule has 172 valence electrons. The summed E-state index contributed by atoms with van der Waals surface area (Å²) in [5, 5.41) is 2.36. The summed E-state index contributed by atoms with van der Waals surface area (Å²) >= 11 is 0. The van der Waals surface area contributed by atoms with Gasteiger partial charge in [0, 0.05) is 23.6 Å². The van der Waals surface area contributed by atoms with Gasteiger partial charge in [0.2, 0.25) is 5.82 Å². The Hall–Kier alpha value is -3.28. The number of hydrogen-bond acceptors (Lipinski definition) is 4. The number of methoxy groups -OCH3 is 1. The zero-order chi connectivity index (χ0) is 23.8. The van der Waals surface area contributed by atoms with Crippen molar-refractivity contribution >= 4 is 17.5 Å². The van der Waals surface area contributed by atoms with E-state index >= 15 is 0 Å². The Morgan fingerprint density at radius 3 is 2.56 bits per heavy atom. The summed E-state index contributed by atoms with van der Waals surface area (Å²) in [6.45, 7) is 0.766. The van der Waals surface area contributed by atoms with E-state index in [0.29, 0.717) is 0 Å². The summed E-state index contributed by atoms with van der Waals surface area (Å²) < 4.78 is 79.0. The number of amides is 2. The number of anilines is 1. The van der Waals surface area contributed by atoms with Crippen molar-refractivity contribution in [2.75, 3.05) is 12.4 Å². The van der Waals surface area contributed by atoms with Gasteiger partial charge in [-0.3, -0.25) is 9.59 Å². The number of aromatic amines is 1. The molecule has 1 aromatic heterocycles. The minimum absolute atomic E-state index is 0.0581. The molecule has 3 atom stereocenters. The Morgan fingerprint density at radius 2 is 1.97 bits per heavy atom. The second-order valence-electron chi connectivity index (χ2n) is 7.41. The van der Waals surface area contributed by atoms with E-state index in [1.54, 1.807) is 0 Å². The van der Waals surface area contributed by atoms with Gasteiger partial charge in [-0.05, 0) is 19.4 Å². The third-order valence-corrected chi connectivity index (χ3v) is 5.24. The van der Waals surface area contributed by atoms with E-state index in [0.717, 1.165) is 26.2 Å². The molecule has 1 fully saturated rings. The summed E-state index contributed by atoms with van der Waals surface area (Å²) in [7, 11) is 1.03. The van der Waals surface area contributed by atoms with E-state index in [-0.39, 0.29) is 16.9 Å². The van der Waals surface area contributed by atoms with Crippen LogP contribution in [0.1, 0.15) is 35.3 Å². The molecule has 2 amide bonds. The molecular weight excluding hydrogens is 441 g/mol. The number of primary amides is 1. The fraction of sp³-hybridized carbons (Fsp3) is 0.350. The monoisotopic (exact) mass is 460 g/mol. The van der Waals surface area contributed by atoms with Crippen LogP contribution in [-0.2, 0) is 9.53 Å². The molecule has 2 aromatic rings. The van der Waals surface area contributed by atoms with E-state index in [4.69, 9.17) is 15.2 Å². The largest absolute Gasteiger partial charge is 0.493 e. The summed E-state index contributed by atoms with van der Waals surface area (Å²) in [6, 6.07) is 4.31. The lowest BCUT2D eigenvalue weighted by molar-refractivity contribution is -0.381. The molecule has 4 N–H and O–H groups in total. The molecule has 32 heavy (non-hydrogen) atoms. The Labute approximate surface area is 178 Å². The number of aromatic nitrogens is 1. The van der Waals surface area contributed by atoms with Crippen LogP contribution in [0.4, 0.5) is 27.6 Å². The Balaban J connectivity index is 2.01. The molecule has 0 radical (unpaired) electrons. The van der Waals surface area contributed by atoms with Crippen LogP contribution in [0.2, 0.25) is 0 Å². The molecule has 0 aliphatic carbocycles. The number of halogens is 5. The normalized spacial score (nSPS) is 23.1. The van der Waals surface area contributed by atoms with Crippen LogP contribution in [0.5, 0.6) is 5.75 Å². The van der Waals surface area contributed by atoms with Crippen molar-refractivity contribution in [3.05, 3.63) is 53.4 Å². The maximum absolute atomic E-state index is 14.2. The van der Waals surface area contributed by atoms with Gasteiger partial charge < -0.3 is 20.5 Å². The number of carbonyl (C=O) groups excluding carboxylic acids is 2. The van der Waals surface area contributed by atoms with E-state index in [1.165, 1.54) is 18.3 Å². The fourth-order valence-electron chi connectivity index (χ4n) is 3.58. The van der Waals surface area contributed by atoms with Crippen molar-refractivity contribution in [3.8, 4) is 5.75 Å². The molecule has 0 unspecified atom stereocenters. The number of carbonyl (C=O) groups is 2. The number of nitrogens with one attached hydrogen (secondary N) is 2. The number of ether oxygens (including phenoxy) is 2. The Morgan fingerprint density at radius 1 is 1.28 bits per heavy atom. The molecule has 3 rings (SSSR count). The van der Waals surface area contributed by atoms with Crippen molar-refractivity contribution in [2.24, 2.45) is 5.73 Å². The minimum Gasteiger partial charge on any atom is -0.493 e. The van der Waals surface area contributed by atoms with Gasteiger partial charge in [0.1, 0.15) is 6.10 Å². The second-order valence-corrected chi connectivity index (χ2v) is 7.41. The molecule has 2 heterocycles. The lowest BCUT2D eigenvalue weighted by atomic mass is 9.85. The topological polar surface area (TPSA) is 105 Å². The zero-order valence-electron chi connectivity index (χ0n) is 16.8. The predicted octanol–water partition coefficient (Wildman–Crippen LogP) is 2.72. The highest BCUT2D eigenvalue weighted by Gasteiger charge is 2.61. The lowest BCUT2D eigenvalue weighted by Gasteiger charge is -2.27. The van der Waals surface area contributed by atoms with Crippen molar-refractivity contribution in [3.63, 3.8) is 0 Å². The number of pyridine rings is 1. The van der Waals surface area contributed by atoms with Crippen LogP contribution < -0.4 is 20.8 Å². The third kappa shape index (κ3) is 4.22. The number of rotatable bonds is 5. The number of H-pyrrole nitrogens is 1. The average molecular weight is 460 g/mol. The quantitative estimate of drug-likeness (QED) is 0.670. The van der Waals surface area contributed by atoms with Gasteiger partial charge >= 0.3 is 12.1 Å². The SMILES string of the molecule is COc1c([C@H]2C[C@@](C)(C(F)(F)F)O[C@@H]2C(=O)Nc2cc[nH+]c(C(N)=O)c2)ccc(F)c1F. The standard InChI is InChI=1S/C20H18F5N3O4/c1-19(20(23,24)25)8-11(10-3-4-12(21)14(22)15(10)31-2)16(32-19)18(30)28-9-5-6-27-13(7-9)17(26)29/h3-7,11,16H,8H2,1-2H3,(H2,26,29)(H,27,28,30)/p+1/t11-,16+,19+/m1/s1. The maximum atomic E-state index is 14.2. The smallest absolute Gasteiger partial charge is 0.417 e. The van der Waals surface area contributed by atoms with Gasteiger partial charge in [-0.25, -0.2) is 9.37 Å². The van der Waals surface area contributed by atoms with E-state index in [1.807, 2.05) is 0 Å². The zero-order valence-corrected chi connectivity index (χ0v) is 16.8. The average Bonchev–Trinajstić information content (AvgIpc) is 3.09. The number of nitrogens with two attached hydrogens (primary N) is 1. The summed E-state index contributed by atoms with van der Waals surface area (Å²) in [4.78, 5) is 26.8. The van der Waals surface area contributed by atoms with Gasteiger partial charge in [0.05, 0.1) is 12.8 Å². The Bertz CT molecular complexity index is 1060. The molecular formula is C20H19F5N3O4+. The molecule has 1 aromatic carbocycles. The van der Waals surface area contributed by atoms with Crippen LogP contribution in [0.15, 0.2) is 30.5 Å². The second kappa shape index (κ2) is 8.34. The molecule has 1 saturated heterocycles. The van der Waals surface area contributed by atoms with Gasteiger partial charge in [-0.15, -0.1) is 0 Å². The maximum Gasteiger partial charge on any atom is 0.417 e. The van der Waals surface area contributed by atoms with E-state index < -0.39 is 59.4 Å². The summed E-state index contributed by atoms with van der Waals surface area (Å²) in [5.74, 6) is -6.41. The number of hydrogen-bond donors (Lipinski definition) is 2. The highest BCUT2D eigenvalue weighted by atomic mass is 19.4. The van der Waals surface area contributed by atoms with Crippen LogP contribution in [0, 0.1) is 11.6 Å². The minimum atomic E-state index is -4.85. The van der Waals surface area contributed by atoms with Crippen LogP contribution >= 0.6 is 0 Å². The van der Waals surface area contributed by atoms with Gasteiger partial charge in [-0.1, -0.05) is 6.07 Å². The highest BCUT2D eigenvalue weighted by Crippen LogP contribution is 2.51. The molecule has 0 bridgehead atoms. The molecule has 1 aliphatic rings. The van der Waals surface area contributed by atoms with Crippen LogP contribution in [-0.4, -0.2) is 36.8 Å². The summed E-state index contributed by atoms with van der Waals surface area (Å²) in [6.07, 6.45) is -6.04. The fourth-order valence-corrected chi connectivity index (χ4v) is 3.58. The first-order valence-electron chi connectivity index (χ1n) is 9.27. The molecule has 1 aliphatic heterocycles. The van der Waals surface area contributed by atoms with Crippen molar-refractivity contribution < 1.29 is 46.0 Å². The van der Waals surface area contributed by atoms with Crippen LogP contribution in [0.25, 0.3) is 0 Å². The van der Waals surface area contributed by atoms with Crippen molar-refractivity contribution in [1.29, 1.82) is 0 Å². The molecule has 0 spiro atoms. The Kier molecular flexibility index (Phi) is 6.09. The molecule has 0 saturated carbocycles. The first kappa shape index (κ1) is 23.4. The predicted molar refractivity (Wildman–Crippen MR) is 99.7 cm³/mol. The van der Waals surface area contributed by atoms with Crippen LogP contribution in [0.3, 0.4) is 0 Å². The number of benzene rings is 1. The first-order chi connectivity index (χ1) is 14.9. The van der Waals surface area contributed by atoms with Gasteiger partial charge in [0.25, 0.3) is 11.6 Å². The van der Waals surface area contributed by atoms with Crippen molar-refractivity contribution in [1.82, 2.24) is 0 Å². The van der Waals surface area contributed by atoms with Crippen molar-refractivity contribution in [2.45, 2.75) is 37.1 Å².